The summed E-state index contributed by atoms with van der Waals surface area (Å²) >= 11 is 5.76. The van der Waals surface area contributed by atoms with E-state index in [2.05, 4.69) is 4.90 Å². The van der Waals surface area contributed by atoms with Crippen LogP contribution in [0.5, 0.6) is 11.5 Å². The quantitative estimate of drug-likeness (QED) is 0.318. The lowest BCUT2D eigenvalue weighted by Crippen LogP contribution is -2.22. The van der Waals surface area contributed by atoms with Crippen molar-refractivity contribution in [3.05, 3.63) is 101 Å². The molecule has 0 aliphatic heterocycles. The lowest BCUT2D eigenvalue weighted by molar-refractivity contribution is 0.240. The van der Waals surface area contributed by atoms with E-state index < -0.39 is 5.82 Å². The molecule has 1 heterocycles. The zero-order valence-corrected chi connectivity index (χ0v) is 19.3. The molecule has 4 rings (SSSR count). The monoisotopic (exact) mass is 464 g/mol. The zero-order chi connectivity index (χ0) is 23.2. The van der Waals surface area contributed by atoms with Crippen molar-refractivity contribution in [1.29, 1.82) is 0 Å². The molecular formula is C25H25FN4O2S. The van der Waals surface area contributed by atoms with Gasteiger partial charge in [-0.25, -0.2) is 9.07 Å². The van der Waals surface area contributed by atoms with Crippen molar-refractivity contribution >= 4 is 12.2 Å². The molecule has 4 aromatic rings. The van der Waals surface area contributed by atoms with Crippen molar-refractivity contribution in [2.45, 2.75) is 19.8 Å². The Morgan fingerprint density at radius 2 is 1.67 bits per heavy atom. The molecule has 0 bridgehead atoms. The number of para-hydroxylation sites is 2. The molecule has 0 saturated carbocycles. The predicted molar refractivity (Wildman–Crippen MR) is 128 cm³/mol. The van der Waals surface area contributed by atoms with E-state index in [1.165, 1.54) is 6.07 Å². The van der Waals surface area contributed by atoms with Crippen molar-refractivity contribution in [2.75, 3.05) is 14.2 Å². The van der Waals surface area contributed by atoms with Gasteiger partial charge in [-0.3, -0.25) is 9.47 Å². The van der Waals surface area contributed by atoms with Crippen molar-refractivity contribution in [2.24, 2.45) is 0 Å². The van der Waals surface area contributed by atoms with E-state index in [1.54, 1.807) is 30.0 Å². The fourth-order valence-corrected chi connectivity index (χ4v) is 3.81. The number of nitrogens with zero attached hydrogens (tertiary/aromatic N) is 4. The molecule has 170 valence electrons. The molecule has 6 nitrogen and oxygen atoms in total. The summed E-state index contributed by atoms with van der Waals surface area (Å²) in [5.74, 6) is 1.17. The highest BCUT2D eigenvalue weighted by Gasteiger charge is 2.15. The van der Waals surface area contributed by atoms with Crippen LogP contribution in [0.4, 0.5) is 4.39 Å². The average molecular weight is 465 g/mol. The van der Waals surface area contributed by atoms with Gasteiger partial charge in [0, 0.05) is 12.2 Å². The molecule has 0 amide bonds. The smallest absolute Gasteiger partial charge is 0.203 e. The van der Waals surface area contributed by atoms with Crippen molar-refractivity contribution in [3.8, 4) is 17.2 Å². The Balaban J connectivity index is 1.57. The van der Waals surface area contributed by atoms with E-state index in [1.807, 2.05) is 66.2 Å². The van der Waals surface area contributed by atoms with Crippen molar-refractivity contribution < 1.29 is 13.9 Å². The second-order valence-electron chi connectivity index (χ2n) is 7.59. The Labute approximate surface area is 197 Å². The molecule has 33 heavy (non-hydrogen) atoms. The first-order chi connectivity index (χ1) is 16.0. The van der Waals surface area contributed by atoms with Gasteiger partial charge < -0.3 is 9.47 Å². The minimum absolute atomic E-state index is 0.0780. The summed E-state index contributed by atoms with van der Waals surface area (Å²) in [5, 5.41) is 4.71. The molecule has 0 aliphatic rings. The molecule has 0 fully saturated rings. The minimum atomic E-state index is -0.416. The molecule has 1 aromatic heterocycles. The van der Waals surface area contributed by atoms with Crippen LogP contribution < -0.4 is 9.47 Å². The second-order valence-corrected chi connectivity index (χ2v) is 7.96. The first kappa shape index (κ1) is 22.7. The van der Waals surface area contributed by atoms with E-state index in [4.69, 9.17) is 26.8 Å². The van der Waals surface area contributed by atoms with Gasteiger partial charge in [0.05, 0.1) is 13.8 Å². The molecule has 0 atom stereocenters. The number of benzene rings is 3. The third-order valence-electron chi connectivity index (χ3n) is 5.10. The number of aromatic nitrogens is 3. The van der Waals surface area contributed by atoms with Gasteiger partial charge in [0.1, 0.15) is 12.4 Å². The van der Waals surface area contributed by atoms with Gasteiger partial charge in [0.25, 0.3) is 0 Å². The molecule has 0 saturated heterocycles. The van der Waals surface area contributed by atoms with Crippen LogP contribution >= 0.6 is 12.2 Å². The molecule has 0 unspecified atom stereocenters. The molecule has 8 heteroatoms. The molecule has 0 aliphatic carbocycles. The van der Waals surface area contributed by atoms with Gasteiger partial charge in [0.15, 0.2) is 17.4 Å². The Morgan fingerprint density at radius 1 is 0.970 bits per heavy atom. The zero-order valence-electron chi connectivity index (χ0n) is 18.5. The number of hydrogen-bond donors (Lipinski definition) is 0. The fourth-order valence-electron chi connectivity index (χ4n) is 3.50. The highest BCUT2D eigenvalue weighted by atomic mass is 32.1. The maximum absolute atomic E-state index is 14.0. The van der Waals surface area contributed by atoms with Gasteiger partial charge in [0.2, 0.25) is 4.77 Å². The van der Waals surface area contributed by atoms with Crippen LogP contribution in [0.3, 0.4) is 0 Å². The number of hydrogen-bond acceptors (Lipinski definition) is 5. The summed E-state index contributed by atoms with van der Waals surface area (Å²) in [6, 6.07) is 24.0. The van der Waals surface area contributed by atoms with E-state index >= 15 is 0 Å². The molecule has 0 N–H and O–H groups in total. The van der Waals surface area contributed by atoms with Crippen LogP contribution in [0.15, 0.2) is 78.9 Å². The van der Waals surface area contributed by atoms with Gasteiger partial charge in [-0.1, -0.05) is 42.5 Å². The predicted octanol–water partition coefficient (Wildman–Crippen LogP) is 5.22. The largest absolute Gasteiger partial charge is 0.497 e. The van der Waals surface area contributed by atoms with Crippen molar-refractivity contribution in [3.63, 3.8) is 0 Å². The molecule has 3 aromatic carbocycles. The number of halogens is 1. The average Bonchev–Trinajstić information content (AvgIpc) is 3.14. The van der Waals surface area contributed by atoms with E-state index in [-0.39, 0.29) is 12.4 Å². The van der Waals surface area contributed by atoms with Crippen LogP contribution in [-0.2, 0) is 19.8 Å². The summed E-state index contributed by atoms with van der Waals surface area (Å²) in [4.78, 5) is 2.11. The number of rotatable bonds is 9. The fraction of sp³-hybridized carbons (Fsp3) is 0.200. The Bertz CT molecular complexity index is 1260. The molecule has 0 spiro atoms. The maximum atomic E-state index is 14.0. The summed E-state index contributed by atoms with van der Waals surface area (Å²) in [6.45, 7) is 1.27. The number of ether oxygens (including phenoxy) is 2. The minimum Gasteiger partial charge on any atom is -0.497 e. The van der Waals surface area contributed by atoms with Crippen molar-refractivity contribution in [1.82, 2.24) is 19.2 Å². The SMILES string of the molecule is COc1ccc(CN(C)Cn2nc(COc3ccccc3F)n(-c3ccccc3)c2=S)cc1. The van der Waals surface area contributed by atoms with Crippen LogP contribution in [-0.4, -0.2) is 33.4 Å². The highest BCUT2D eigenvalue weighted by Crippen LogP contribution is 2.19. The molecular weight excluding hydrogens is 439 g/mol. The first-order valence-electron chi connectivity index (χ1n) is 10.5. The summed E-state index contributed by atoms with van der Waals surface area (Å²) in [6.07, 6.45) is 0. The Kier molecular flexibility index (Phi) is 7.16. The van der Waals surface area contributed by atoms with Gasteiger partial charge in [-0.15, -0.1) is 0 Å². The van der Waals surface area contributed by atoms with Gasteiger partial charge in [-0.2, -0.15) is 5.10 Å². The third-order valence-corrected chi connectivity index (χ3v) is 5.49. The lowest BCUT2D eigenvalue weighted by atomic mass is 10.2. The summed E-state index contributed by atoms with van der Waals surface area (Å²) in [5.41, 5.74) is 2.02. The molecule has 0 radical (unpaired) electrons. The van der Waals surface area contributed by atoms with Crippen LogP contribution in [0.1, 0.15) is 11.4 Å². The summed E-state index contributed by atoms with van der Waals surface area (Å²) in [7, 11) is 3.66. The highest BCUT2D eigenvalue weighted by molar-refractivity contribution is 7.71. The van der Waals surface area contributed by atoms with Crippen LogP contribution in [0, 0.1) is 10.6 Å². The summed E-state index contributed by atoms with van der Waals surface area (Å²) < 4.78 is 29.1. The Morgan fingerprint density at radius 3 is 2.36 bits per heavy atom. The van der Waals surface area contributed by atoms with Crippen LogP contribution in [0.2, 0.25) is 0 Å². The topological polar surface area (TPSA) is 44.4 Å². The lowest BCUT2D eigenvalue weighted by Gasteiger charge is -2.16. The van der Waals surface area contributed by atoms with Crippen LogP contribution in [0.25, 0.3) is 5.69 Å². The van der Waals surface area contributed by atoms with Gasteiger partial charge >= 0.3 is 0 Å². The van der Waals surface area contributed by atoms with Gasteiger partial charge in [-0.05, 0) is 61.2 Å². The van der Waals surface area contributed by atoms with E-state index in [0.29, 0.717) is 23.8 Å². The normalized spacial score (nSPS) is 11.0. The standard InChI is InChI=1S/C25H25FN4O2S/c1-28(16-19-12-14-21(31-2)15-13-19)18-29-25(33)30(20-8-4-3-5-9-20)24(27-29)17-32-23-11-7-6-10-22(23)26/h3-15H,16-18H2,1-2H3. The third kappa shape index (κ3) is 5.47. The van der Waals surface area contributed by atoms with E-state index in [9.17, 15) is 4.39 Å². The Hall–Kier alpha value is -3.49. The second kappa shape index (κ2) is 10.4. The first-order valence-corrected chi connectivity index (χ1v) is 10.9. The van der Waals surface area contributed by atoms with E-state index in [0.717, 1.165) is 17.0 Å². The maximum Gasteiger partial charge on any atom is 0.203 e. The number of methoxy groups -OCH3 is 1.